The van der Waals surface area contributed by atoms with Gasteiger partial charge in [-0.15, -0.1) is 0 Å². The molecule has 0 aliphatic carbocycles. The van der Waals surface area contributed by atoms with Gasteiger partial charge in [0.2, 0.25) is 5.91 Å². The predicted molar refractivity (Wildman–Crippen MR) is 85.7 cm³/mol. The summed E-state index contributed by atoms with van der Waals surface area (Å²) in [6.45, 7) is 3.27. The lowest BCUT2D eigenvalue weighted by atomic mass is 10.1. The van der Waals surface area contributed by atoms with Crippen molar-refractivity contribution in [1.29, 1.82) is 0 Å². The molecule has 1 amide bonds. The molecular formula is C16H27N3O2. The molecule has 1 rings (SSSR count). The summed E-state index contributed by atoms with van der Waals surface area (Å²) in [4.78, 5) is 13.8. The van der Waals surface area contributed by atoms with Crippen LogP contribution in [0.2, 0.25) is 0 Å². The van der Waals surface area contributed by atoms with Gasteiger partial charge in [0.05, 0.1) is 7.11 Å². The summed E-state index contributed by atoms with van der Waals surface area (Å²) < 4.78 is 5.18. The maximum atomic E-state index is 11.7. The van der Waals surface area contributed by atoms with Gasteiger partial charge in [0.1, 0.15) is 5.75 Å². The lowest BCUT2D eigenvalue weighted by Gasteiger charge is -2.10. The van der Waals surface area contributed by atoms with E-state index >= 15 is 0 Å². The molecule has 0 unspecified atom stereocenters. The fraction of sp³-hybridized carbons (Fsp3) is 0.562. The number of hydrogen-bond acceptors (Lipinski definition) is 4. The minimum absolute atomic E-state index is 0.0928. The fourth-order valence-electron chi connectivity index (χ4n) is 1.89. The van der Waals surface area contributed by atoms with Gasteiger partial charge in [-0.1, -0.05) is 12.1 Å². The van der Waals surface area contributed by atoms with Crippen LogP contribution in [0.1, 0.15) is 12.0 Å². The van der Waals surface area contributed by atoms with Crippen LogP contribution in [0.4, 0.5) is 0 Å². The molecule has 0 bridgehead atoms. The van der Waals surface area contributed by atoms with Crippen molar-refractivity contribution in [2.45, 2.75) is 12.8 Å². The average Bonchev–Trinajstić information content (AvgIpc) is 2.47. The average molecular weight is 293 g/mol. The van der Waals surface area contributed by atoms with Crippen LogP contribution in [0.15, 0.2) is 24.3 Å². The highest BCUT2D eigenvalue weighted by molar-refractivity contribution is 5.76. The smallest absolute Gasteiger partial charge is 0.221 e. The molecule has 2 N–H and O–H groups in total. The molecule has 0 heterocycles. The fourth-order valence-corrected chi connectivity index (χ4v) is 1.89. The minimum Gasteiger partial charge on any atom is -0.497 e. The Labute approximate surface area is 127 Å². The molecule has 0 aromatic heterocycles. The number of carbonyl (C=O) groups is 1. The Kier molecular flexibility index (Phi) is 8.47. The third-order valence-corrected chi connectivity index (χ3v) is 3.13. The summed E-state index contributed by atoms with van der Waals surface area (Å²) >= 11 is 0. The molecule has 1 aromatic carbocycles. The Morgan fingerprint density at radius 3 is 2.76 bits per heavy atom. The number of amides is 1. The molecular weight excluding hydrogens is 266 g/mol. The van der Waals surface area contributed by atoms with Gasteiger partial charge in [0.25, 0.3) is 0 Å². The number of ether oxygens (including phenoxy) is 1. The van der Waals surface area contributed by atoms with Crippen molar-refractivity contribution in [1.82, 2.24) is 15.5 Å². The van der Waals surface area contributed by atoms with Gasteiger partial charge >= 0.3 is 0 Å². The van der Waals surface area contributed by atoms with E-state index in [2.05, 4.69) is 15.5 Å². The molecule has 118 valence electrons. The van der Waals surface area contributed by atoms with Crippen molar-refractivity contribution in [3.8, 4) is 5.75 Å². The number of nitrogens with zero attached hydrogens (tertiary/aromatic N) is 1. The monoisotopic (exact) mass is 293 g/mol. The Morgan fingerprint density at radius 2 is 2.05 bits per heavy atom. The van der Waals surface area contributed by atoms with E-state index in [-0.39, 0.29) is 5.91 Å². The number of benzene rings is 1. The highest BCUT2D eigenvalue weighted by atomic mass is 16.5. The first-order chi connectivity index (χ1) is 10.1. The van der Waals surface area contributed by atoms with Crippen LogP contribution >= 0.6 is 0 Å². The second kappa shape index (κ2) is 10.2. The van der Waals surface area contributed by atoms with E-state index in [1.807, 2.05) is 38.4 Å². The number of likely N-dealkylation sites (N-methyl/N-ethyl adjacent to an activating group) is 1. The van der Waals surface area contributed by atoms with E-state index in [1.165, 1.54) is 5.56 Å². The van der Waals surface area contributed by atoms with Crippen molar-refractivity contribution in [2.75, 3.05) is 47.4 Å². The molecule has 0 atom stereocenters. The lowest BCUT2D eigenvalue weighted by molar-refractivity contribution is -0.120. The Bertz CT molecular complexity index is 422. The van der Waals surface area contributed by atoms with Crippen LogP contribution in [0.5, 0.6) is 5.75 Å². The Morgan fingerprint density at radius 1 is 1.24 bits per heavy atom. The quantitative estimate of drug-likeness (QED) is 0.629. The molecule has 0 saturated heterocycles. The van der Waals surface area contributed by atoms with Gasteiger partial charge in [0, 0.05) is 32.6 Å². The van der Waals surface area contributed by atoms with E-state index < -0.39 is 0 Å². The number of nitrogens with one attached hydrogen (secondary N) is 2. The number of carbonyl (C=O) groups excluding carboxylic acids is 1. The molecule has 5 heteroatoms. The number of hydrogen-bond donors (Lipinski definition) is 2. The van der Waals surface area contributed by atoms with Crippen molar-refractivity contribution >= 4 is 5.91 Å². The van der Waals surface area contributed by atoms with Crippen LogP contribution < -0.4 is 15.4 Å². The SMILES string of the molecule is COc1cccc(CCNC(=O)CCNCCN(C)C)c1. The topological polar surface area (TPSA) is 53.6 Å². The first kappa shape index (κ1) is 17.5. The van der Waals surface area contributed by atoms with Gasteiger partial charge in [-0.25, -0.2) is 0 Å². The summed E-state index contributed by atoms with van der Waals surface area (Å²) in [6, 6.07) is 7.92. The van der Waals surface area contributed by atoms with Crippen LogP contribution in [0.3, 0.4) is 0 Å². The van der Waals surface area contributed by atoms with Gasteiger partial charge in [0.15, 0.2) is 0 Å². The molecule has 0 spiro atoms. The highest BCUT2D eigenvalue weighted by Gasteiger charge is 2.01. The second-order valence-corrected chi connectivity index (χ2v) is 5.25. The minimum atomic E-state index is 0.0928. The van der Waals surface area contributed by atoms with Crippen molar-refractivity contribution in [3.63, 3.8) is 0 Å². The van der Waals surface area contributed by atoms with Gasteiger partial charge in [-0.2, -0.15) is 0 Å². The largest absolute Gasteiger partial charge is 0.497 e. The van der Waals surface area contributed by atoms with Crippen molar-refractivity contribution in [2.24, 2.45) is 0 Å². The lowest BCUT2D eigenvalue weighted by Crippen LogP contribution is -2.32. The first-order valence-corrected chi connectivity index (χ1v) is 7.37. The summed E-state index contributed by atoms with van der Waals surface area (Å²) in [5.74, 6) is 0.944. The first-order valence-electron chi connectivity index (χ1n) is 7.37. The summed E-state index contributed by atoms with van der Waals surface area (Å²) in [7, 11) is 5.73. The molecule has 0 radical (unpaired) electrons. The maximum absolute atomic E-state index is 11.7. The summed E-state index contributed by atoms with van der Waals surface area (Å²) in [5.41, 5.74) is 1.17. The van der Waals surface area contributed by atoms with E-state index in [0.29, 0.717) is 13.0 Å². The van der Waals surface area contributed by atoms with E-state index in [0.717, 1.165) is 31.8 Å². The standard InChI is InChI=1S/C16H27N3O2/c1-19(2)12-11-17-9-8-16(20)18-10-7-14-5-4-6-15(13-14)21-3/h4-6,13,17H,7-12H2,1-3H3,(H,18,20). The zero-order valence-electron chi connectivity index (χ0n) is 13.3. The molecule has 0 saturated carbocycles. The molecule has 0 aliphatic rings. The molecule has 0 fully saturated rings. The third-order valence-electron chi connectivity index (χ3n) is 3.13. The third kappa shape index (κ3) is 8.32. The van der Waals surface area contributed by atoms with E-state index in [1.54, 1.807) is 7.11 Å². The summed E-state index contributed by atoms with van der Waals surface area (Å²) in [5, 5.41) is 6.19. The predicted octanol–water partition coefficient (Wildman–Crippen LogP) is 0.895. The van der Waals surface area contributed by atoms with Crippen molar-refractivity contribution < 1.29 is 9.53 Å². The van der Waals surface area contributed by atoms with Crippen LogP contribution in [0.25, 0.3) is 0 Å². The van der Waals surface area contributed by atoms with Gasteiger partial charge in [-0.05, 0) is 38.2 Å². The molecule has 1 aromatic rings. The van der Waals surface area contributed by atoms with Gasteiger partial charge < -0.3 is 20.3 Å². The highest BCUT2D eigenvalue weighted by Crippen LogP contribution is 2.12. The van der Waals surface area contributed by atoms with Gasteiger partial charge in [-0.3, -0.25) is 4.79 Å². The Balaban J connectivity index is 2.10. The zero-order chi connectivity index (χ0) is 15.5. The second-order valence-electron chi connectivity index (χ2n) is 5.25. The number of methoxy groups -OCH3 is 1. The van der Waals surface area contributed by atoms with Crippen LogP contribution in [-0.2, 0) is 11.2 Å². The number of rotatable bonds is 10. The summed E-state index contributed by atoms with van der Waals surface area (Å²) in [6.07, 6.45) is 1.34. The molecule has 5 nitrogen and oxygen atoms in total. The molecule has 21 heavy (non-hydrogen) atoms. The van der Waals surface area contributed by atoms with Crippen LogP contribution in [0, 0.1) is 0 Å². The van der Waals surface area contributed by atoms with Crippen molar-refractivity contribution in [3.05, 3.63) is 29.8 Å². The Hall–Kier alpha value is -1.59. The zero-order valence-corrected chi connectivity index (χ0v) is 13.3. The maximum Gasteiger partial charge on any atom is 0.221 e. The normalized spacial score (nSPS) is 10.7. The van der Waals surface area contributed by atoms with E-state index in [9.17, 15) is 4.79 Å². The molecule has 0 aliphatic heterocycles. The van der Waals surface area contributed by atoms with E-state index in [4.69, 9.17) is 4.74 Å². The van der Waals surface area contributed by atoms with Crippen LogP contribution in [-0.4, -0.2) is 58.2 Å².